The average molecular weight is 522 g/mol. The summed E-state index contributed by atoms with van der Waals surface area (Å²) in [5, 5.41) is 2.97. The Morgan fingerprint density at radius 1 is 0.448 bits per heavy atom. The van der Waals surface area contributed by atoms with Crippen LogP contribution in [-0.2, 0) is 12.1 Å². The lowest BCUT2D eigenvalue weighted by Crippen LogP contribution is -2.62. The largest absolute Gasteiger partial charge is 0.126 e. The maximum Gasteiger partial charge on any atom is 0.126 e. The molecule has 0 N–H and O–H groups in total. The van der Waals surface area contributed by atoms with Crippen LogP contribution < -0.4 is 10.4 Å². The third-order valence-electron chi connectivity index (χ3n) is 5.49. The fourth-order valence-electron chi connectivity index (χ4n) is 4.05. The first kappa shape index (κ1) is 20.3. The molecule has 4 aromatic rings. The van der Waals surface area contributed by atoms with Crippen molar-refractivity contribution in [3.8, 4) is 0 Å². The molecule has 0 saturated heterocycles. The molecule has 0 spiro atoms. The first-order valence-electron chi connectivity index (χ1n) is 9.76. The van der Waals surface area contributed by atoms with E-state index in [1.54, 1.807) is 0 Å². The van der Waals surface area contributed by atoms with Crippen LogP contribution in [-0.4, -0.2) is 8.07 Å². The molecule has 0 aliphatic rings. The Morgan fingerprint density at radius 2 is 0.793 bits per heavy atom. The van der Waals surface area contributed by atoms with Gasteiger partial charge in [0, 0.05) is 8.95 Å². The molecule has 144 valence electrons. The van der Waals surface area contributed by atoms with E-state index in [2.05, 4.69) is 141 Å². The Hall–Kier alpha value is -1.94. The van der Waals surface area contributed by atoms with Crippen LogP contribution in [0.15, 0.2) is 118 Å². The molecule has 0 amide bonds. The Labute approximate surface area is 190 Å². The zero-order valence-corrected chi connectivity index (χ0v) is 20.2. The van der Waals surface area contributed by atoms with E-state index >= 15 is 0 Å². The van der Waals surface area contributed by atoms with Crippen LogP contribution in [0.4, 0.5) is 0 Å². The van der Waals surface area contributed by atoms with Gasteiger partial charge in [-0.15, -0.1) is 0 Å². The third-order valence-corrected chi connectivity index (χ3v) is 11.4. The van der Waals surface area contributed by atoms with E-state index in [-0.39, 0.29) is 0 Å². The normalized spacial score (nSPS) is 11.4. The summed E-state index contributed by atoms with van der Waals surface area (Å²) in [6, 6.07) is 42.1. The van der Waals surface area contributed by atoms with E-state index in [1.165, 1.54) is 21.5 Å². The first-order valence-corrected chi connectivity index (χ1v) is 13.8. The van der Waals surface area contributed by atoms with E-state index in [0.29, 0.717) is 0 Å². The molecule has 29 heavy (non-hydrogen) atoms. The maximum atomic E-state index is 3.58. The monoisotopic (exact) mass is 520 g/mol. The highest BCUT2D eigenvalue weighted by molar-refractivity contribution is 9.10. The Kier molecular flexibility index (Phi) is 6.49. The molecule has 0 fully saturated rings. The maximum absolute atomic E-state index is 3.58. The quantitative estimate of drug-likeness (QED) is 0.260. The Balaban J connectivity index is 1.88. The molecule has 0 aliphatic heterocycles. The average Bonchev–Trinajstić information content (AvgIpc) is 2.77. The van der Waals surface area contributed by atoms with Crippen LogP contribution in [0.5, 0.6) is 0 Å². The van der Waals surface area contributed by atoms with E-state index in [4.69, 9.17) is 0 Å². The van der Waals surface area contributed by atoms with E-state index in [9.17, 15) is 0 Å². The summed E-state index contributed by atoms with van der Waals surface area (Å²) in [7, 11) is -2.09. The summed E-state index contributed by atoms with van der Waals surface area (Å²) in [4.78, 5) is 0. The van der Waals surface area contributed by atoms with Gasteiger partial charge < -0.3 is 0 Å². The second kappa shape index (κ2) is 9.25. The lowest BCUT2D eigenvalue weighted by molar-refractivity contribution is 1.24. The zero-order chi connectivity index (χ0) is 20.1. The summed E-state index contributed by atoms with van der Waals surface area (Å²) in [5.74, 6) is 0. The van der Waals surface area contributed by atoms with Gasteiger partial charge in [0.05, 0.1) is 0 Å². The summed E-state index contributed by atoms with van der Waals surface area (Å²) >= 11 is 7.16. The predicted molar refractivity (Wildman–Crippen MR) is 134 cm³/mol. The molecule has 0 aromatic heterocycles. The van der Waals surface area contributed by atoms with Crippen molar-refractivity contribution in [2.24, 2.45) is 0 Å². The van der Waals surface area contributed by atoms with Crippen molar-refractivity contribution in [1.82, 2.24) is 0 Å². The SMILES string of the molecule is Brc1ccc(C[Si](Cc2ccc(Br)cc2)(c2ccccc2)c2ccccc2)cc1. The minimum atomic E-state index is -2.09. The van der Waals surface area contributed by atoms with Crippen LogP contribution >= 0.6 is 31.9 Å². The van der Waals surface area contributed by atoms with Gasteiger partial charge in [-0.25, -0.2) is 0 Å². The van der Waals surface area contributed by atoms with Crippen molar-refractivity contribution in [3.63, 3.8) is 0 Å². The highest BCUT2D eigenvalue weighted by atomic mass is 79.9. The van der Waals surface area contributed by atoms with Crippen LogP contribution in [0.25, 0.3) is 0 Å². The van der Waals surface area contributed by atoms with Gasteiger partial charge in [0.25, 0.3) is 0 Å². The number of hydrogen-bond donors (Lipinski definition) is 0. The van der Waals surface area contributed by atoms with Gasteiger partial charge in [-0.2, -0.15) is 0 Å². The topological polar surface area (TPSA) is 0 Å². The van der Waals surface area contributed by atoms with Crippen LogP contribution in [0, 0.1) is 0 Å². The third kappa shape index (κ3) is 4.80. The molecule has 0 unspecified atom stereocenters. The summed E-state index contributed by atoms with van der Waals surface area (Å²) in [6.45, 7) is 0. The molecule has 3 heteroatoms. The van der Waals surface area contributed by atoms with E-state index < -0.39 is 8.07 Å². The minimum Gasteiger partial charge on any atom is -0.0626 e. The van der Waals surface area contributed by atoms with Crippen molar-refractivity contribution < 1.29 is 0 Å². The smallest absolute Gasteiger partial charge is 0.0626 e. The first-order chi connectivity index (χ1) is 14.2. The van der Waals surface area contributed by atoms with Crippen LogP contribution in [0.2, 0.25) is 0 Å². The molecule has 0 atom stereocenters. The summed E-state index contributed by atoms with van der Waals surface area (Å²) in [5.41, 5.74) is 2.79. The number of rotatable bonds is 6. The number of halogens is 2. The van der Waals surface area contributed by atoms with Gasteiger partial charge in [-0.3, -0.25) is 0 Å². The van der Waals surface area contributed by atoms with Crippen molar-refractivity contribution in [2.75, 3.05) is 0 Å². The van der Waals surface area contributed by atoms with Gasteiger partial charge in [-0.1, -0.05) is 127 Å². The zero-order valence-electron chi connectivity index (χ0n) is 16.1. The van der Waals surface area contributed by atoms with Crippen molar-refractivity contribution in [3.05, 3.63) is 129 Å². The molecular formula is C26H22Br2Si. The molecule has 0 nitrogen and oxygen atoms in total. The molecule has 0 bridgehead atoms. The fraction of sp³-hybridized carbons (Fsp3) is 0.0769. The van der Waals surface area contributed by atoms with Crippen LogP contribution in [0.3, 0.4) is 0 Å². The van der Waals surface area contributed by atoms with Crippen molar-refractivity contribution in [1.29, 1.82) is 0 Å². The van der Waals surface area contributed by atoms with Crippen molar-refractivity contribution in [2.45, 2.75) is 12.1 Å². The number of benzene rings is 4. The van der Waals surface area contributed by atoms with Gasteiger partial charge in [0.15, 0.2) is 0 Å². The Bertz CT molecular complexity index is 954. The molecule has 0 radical (unpaired) electrons. The molecule has 0 aliphatic carbocycles. The van der Waals surface area contributed by atoms with E-state index in [1.807, 2.05) is 0 Å². The molecule has 0 saturated carbocycles. The lowest BCUT2D eigenvalue weighted by atomic mass is 10.2. The van der Waals surface area contributed by atoms with Gasteiger partial charge >= 0.3 is 0 Å². The molecule has 4 rings (SSSR count). The van der Waals surface area contributed by atoms with Crippen molar-refractivity contribution >= 4 is 50.3 Å². The molecule has 0 heterocycles. The molecular weight excluding hydrogens is 500 g/mol. The van der Waals surface area contributed by atoms with Crippen LogP contribution in [0.1, 0.15) is 11.1 Å². The number of hydrogen-bond acceptors (Lipinski definition) is 0. The second-order valence-corrected chi connectivity index (χ2v) is 13.3. The predicted octanol–water partition coefficient (Wildman–Crippen LogP) is 6.34. The fourth-order valence-corrected chi connectivity index (χ4v) is 9.38. The highest BCUT2D eigenvalue weighted by Gasteiger charge is 2.37. The second-order valence-electron chi connectivity index (χ2n) is 7.42. The standard InChI is InChI=1S/C26H22Br2Si/c27-23-15-11-21(12-16-23)19-29(25-7-3-1-4-8-25,26-9-5-2-6-10-26)20-22-13-17-24(28)18-14-22/h1-18H,19-20H2. The Morgan fingerprint density at radius 3 is 1.14 bits per heavy atom. The highest BCUT2D eigenvalue weighted by Crippen LogP contribution is 2.22. The summed E-state index contributed by atoms with van der Waals surface area (Å²) in [6.07, 6.45) is 0. The lowest BCUT2D eigenvalue weighted by Gasteiger charge is -2.34. The van der Waals surface area contributed by atoms with E-state index in [0.717, 1.165) is 21.0 Å². The van der Waals surface area contributed by atoms with Gasteiger partial charge in [0.1, 0.15) is 8.07 Å². The summed E-state index contributed by atoms with van der Waals surface area (Å²) < 4.78 is 2.25. The van der Waals surface area contributed by atoms with Gasteiger partial charge in [0.2, 0.25) is 0 Å². The molecule has 4 aromatic carbocycles. The minimum absolute atomic E-state index is 1.07. The van der Waals surface area contributed by atoms with Gasteiger partial charge in [-0.05, 0) is 47.5 Å².